The smallest absolute Gasteiger partial charge is 0.0391 e. The maximum Gasteiger partial charge on any atom is -0.0391 e. The quantitative estimate of drug-likeness (QED) is 0.466. The molecule has 0 amide bonds. The number of unbranched alkanes of at least 4 members (excludes halogenated alkanes) is 3. The van der Waals surface area contributed by atoms with E-state index < -0.39 is 0 Å². The van der Waals surface area contributed by atoms with Crippen LogP contribution in [-0.2, 0) is 0 Å². The molecular weight excluding hydrogens is 168 g/mol. The van der Waals surface area contributed by atoms with E-state index in [9.17, 15) is 0 Å². The molecule has 14 heavy (non-hydrogen) atoms. The Labute approximate surface area is 91.5 Å². The van der Waals surface area contributed by atoms with Gasteiger partial charge in [0.25, 0.3) is 0 Å². The van der Waals surface area contributed by atoms with Crippen LogP contribution in [0.15, 0.2) is 0 Å². The summed E-state index contributed by atoms with van der Waals surface area (Å²) in [6.07, 6.45) is 8.43. The molecule has 0 bridgehead atoms. The summed E-state index contributed by atoms with van der Waals surface area (Å²) in [5, 5.41) is 0. The van der Waals surface area contributed by atoms with Crippen LogP contribution in [0.3, 0.4) is 0 Å². The van der Waals surface area contributed by atoms with E-state index in [4.69, 9.17) is 0 Å². The van der Waals surface area contributed by atoms with Crippen LogP contribution in [0.5, 0.6) is 0 Å². The van der Waals surface area contributed by atoms with Gasteiger partial charge in [0.05, 0.1) is 0 Å². The van der Waals surface area contributed by atoms with Gasteiger partial charge in [-0.3, -0.25) is 0 Å². The third kappa shape index (κ3) is 5.67. The fourth-order valence-corrected chi connectivity index (χ4v) is 2.09. The van der Waals surface area contributed by atoms with Crippen molar-refractivity contribution in [3.05, 3.63) is 0 Å². The molecule has 0 fully saturated rings. The van der Waals surface area contributed by atoms with E-state index in [1.54, 1.807) is 0 Å². The molecule has 3 atom stereocenters. The van der Waals surface area contributed by atoms with E-state index in [0.717, 1.165) is 17.8 Å². The number of rotatable bonds is 8. The molecular formula is C14H30. The van der Waals surface area contributed by atoms with Gasteiger partial charge in [-0.25, -0.2) is 0 Å². The average molecular weight is 198 g/mol. The van der Waals surface area contributed by atoms with Crippen LogP contribution in [0.25, 0.3) is 0 Å². The molecule has 3 unspecified atom stereocenters. The molecule has 0 heterocycles. The first-order valence-corrected chi connectivity index (χ1v) is 6.63. The van der Waals surface area contributed by atoms with Gasteiger partial charge in [0.2, 0.25) is 0 Å². The summed E-state index contributed by atoms with van der Waals surface area (Å²) in [6.45, 7) is 11.9. The summed E-state index contributed by atoms with van der Waals surface area (Å²) in [5.74, 6) is 2.72. The van der Waals surface area contributed by atoms with Crippen molar-refractivity contribution in [1.29, 1.82) is 0 Å². The van der Waals surface area contributed by atoms with Crippen molar-refractivity contribution in [3.8, 4) is 0 Å². The second-order valence-electron chi connectivity index (χ2n) is 5.07. The molecule has 0 rings (SSSR count). The molecule has 0 saturated carbocycles. The van der Waals surface area contributed by atoms with Crippen LogP contribution in [0.1, 0.15) is 73.1 Å². The van der Waals surface area contributed by atoms with E-state index in [1.807, 2.05) is 0 Å². The van der Waals surface area contributed by atoms with Crippen LogP contribution in [0.2, 0.25) is 0 Å². The molecule has 86 valence electrons. The first kappa shape index (κ1) is 14.0. The predicted molar refractivity (Wildman–Crippen MR) is 66.5 cm³/mol. The van der Waals surface area contributed by atoms with E-state index in [-0.39, 0.29) is 0 Å². The van der Waals surface area contributed by atoms with Crippen molar-refractivity contribution < 1.29 is 0 Å². The lowest BCUT2D eigenvalue weighted by Gasteiger charge is -2.25. The van der Waals surface area contributed by atoms with Crippen LogP contribution in [0, 0.1) is 17.8 Å². The Bertz CT molecular complexity index is 117. The molecule has 0 spiro atoms. The summed E-state index contributed by atoms with van der Waals surface area (Å²) >= 11 is 0. The van der Waals surface area contributed by atoms with E-state index in [1.165, 1.54) is 38.5 Å². The van der Waals surface area contributed by atoms with Crippen molar-refractivity contribution in [3.63, 3.8) is 0 Å². The van der Waals surface area contributed by atoms with Crippen molar-refractivity contribution in [1.82, 2.24) is 0 Å². The predicted octanol–water partition coefficient (Wildman–Crippen LogP) is 5.28. The van der Waals surface area contributed by atoms with Crippen molar-refractivity contribution in [2.75, 3.05) is 0 Å². The standard InChI is InChI=1S/C14H30/c1-6-8-9-10-11-13(4)14(5)12(3)7-2/h12-14H,6-11H2,1-5H3. The van der Waals surface area contributed by atoms with Crippen molar-refractivity contribution >= 4 is 0 Å². The highest BCUT2D eigenvalue weighted by molar-refractivity contribution is 4.67. The Hall–Kier alpha value is 0. The maximum atomic E-state index is 2.43. The lowest BCUT2D eigenvalue weighted by Crippen LogP contribution is -2.15. The monoisotopic (exact) mass is 198 g/mol. The molecule has 0 aliphatic carbocycles. The third-order valence-electron chi connectivity index (χ3n) is 3.95. The molecule has 0 aromatic carbocycles. The van der Waals surface area contributed by atoms with Crippen LogP contribution in [0.4, 0.5) is 0 Å². The molecule has 0 nitrogen and oxygen atoms in total. The normalized spacial score (nSPS) is 17.8. The van der Waals surface area contributed by atoms with E-state index in [2.05, 4.69) is 34.6 Å². The molecule has 0 aliphatic heterocycles. The Morgan fingerprint density at radius 2 is 1.43 bits per heavy atom. The van der Waals surface area contributed by atoms with E-state index in [0.29, 0.717) is 0 Å². The summed E-state index contributed by atoms with van der Waals surface area (Å²) in [5.41, 5.74) is 0. The SMILES string of the molecule is CCCCCCC(C)C(C)C(C)CC. The van der Waals surface area contributed by atoms with E-state index >= 15 is 0 Å². The Morgan fingerprint density at radius 3 is 1.93 bits per heavy atom. The zero-order chi connectivity index (χ0) is 11.0. The van der Waals surface area contributed by atoms with Crippen molar-refractivity contribution in [2.24, 2.45) is 17.8 Å². The largest absolute Gasteiger partial charge is 0.0654 e. The summed E-state index contributed by atoms with van der Waals surface area (Å²) < 4.78 is 0. The summed E-state index contributed by atoms with van der Waals surface area (Å²) in [6, 6.07) is 0. The highest BCUT2D eigenvalue weighted by Crippen LogP contribution is 2.26. The fraction of sp³-hybridized carbons (Fsp3) is 1.00. The fourth-order valence-electron chi connectivity index (χ4n) is 2.09. The van der Waals surface area contributed by atoms with Gasteiger partial charge >= 0.3 is 0 Å². The summed E-state index contributed by atoms with van der Waals surface area (Å²) in [4.78, 5) is 0. The Balaban J connectivity index is 3.56. The minimum atomic E-state index is 0.899. The molecule has 0 aliphatic rings. The molecule has 0 saturated heterocycles. The Morgan fingerprint density at radius 1 is 0.786 bits per heavy atom. The molecule has 0 N–H and O–H groups in total. The number of hydrogen-bond donors (Lipinski definition) is 0. The third-order valence-corrected chi connectivity index (χ3v) is 3.95. The van der Waals surface area contributed by atoms with Gasteiger partial charge in [0.1, 0.15) is 0 Å². The average Bonchev–Trinajstić information content (AvgIpc) is 2.21. The van der Waals surface area contributed by atoms with Gasteiger partial charge in [-0.2, -0.15) is 0 Å². The van der Waals surface area contributed by atoms with Crippen LogP contribution >= 0.6 is 0 Å². The first-order chi connectivity index (χ1) is 6.63. The lowest BCUT2D eigenvalue weighted by molar-refractivity contribution is 0.255. The summed E-state index contributed by atoms with van der Waals surface area (Å²) in [7, 11) is 0. The highest BCUT2D eigenvalue weighted by atomic mass is 14.2. The van der Waals surface area contributed by atoms with Gasteiger partial charge in [-0.05, 0) is 17.8 Å². The van der Waals surface area contributed by atoms with Gasteiger partial charge in [0, 0.05) is 0 Å². The molecule has 0 radical (unpaired) electrons. The number of hydrogen-bond acceptors (Lipinski definition) is 0. The minimum Gasteiger partial charge on any atom is -0.0654 e. The highest BCUT2D eigenvalue weighted by Gasteiger charge is 2.16. The van der Waals surface area contributed by atoms with Gasteiger partial charge in [-0.1, -0.05) is 73.1 Å². The van der Waals surface area contributed by atoms with Crippen molar-refractivity contribution in [2.45, 2.75) is 73.1 Å². The van der Waals surface area contributed by atoms with Gasteiger partial charge in [-0.15, -0.1) is 0 Å². The second-order valence-corrected chi connectivity index (χ2v) is 5.07. The topological polar surface area (TPSA) is 0 Å². The Kier molecular flexibility index (Phi) is 8.32. The second kappa shape index (κ2) is 8.32. The molecule has 0 heteroatoms. The lowest BCUT2D eigenvalue weighted by atomic mass is 9.81. The molecule has 0 aromatic rings. The zero-order valence-electron chi connectivity index (χ0n) is 11.0. The maximum absolute atomic E-state index is 2.43. The zero-order valence-corrected chi connectivity index (χ0v) is 11.0. The first-order valence-electron chi connectivity index (χ1n) is 6.63. The van der Waals surface area contributed by atoms with Crippen LogP contribution < -0.4 is 0 Å². The van der Waals surface area contributed by atoms with Gasteiger partial charge < -0.3 is 0 Å². The molecule has 0 aromatic heterocycles. The minimum absolute atomic E-state index is 0.899. The van der Waals surface area contributed by atoms with Crippen LogP contribution in [-0.4, -0.2) is 0 Å². The van der Waals surface area contributed by atoms with Gasteiger partial charge in [0.15, 0.2) is 0 Å².